The lowest BCUT2D eigenvalue weighted by Gasteiger charge is -2.26. The van der Waals surface area contributed by atoms with Crippen molar-refractivity contribution in [3.63, 3.8) is 0 Å². The molecule has 27 heavy (non-hydrogen) atoms. The largest absolute Gasteiger partial charge is 0.455 e. The van der Waals surface area contributed by atoms with Gasteiger partial charge in [0, 0.05) is 24.7 Å². The maximum Gasteiger partial charge on any atom is 0.339 e. The van der Waals surface area contributed by atoms with Gasteiger partial charge in [0.05, 0.1) is 5.60 Å². The molecule has 0 saturated heterocycles. The number of ether oxygens (including phenoxy) is 3. The third-order valence-electron chi connectivity index (χ3n) is 4.77. The Balaban J connectivity index is 2.07. The topological polar surface area (TPSA) is 78.9 Å². The van der Waals surface area contributed by atoms with Crippen molar-refractivity contribution < 1.29 is 28.6 Å². The Hall–Kier alpha value is -2.47. The van der Waals surface area contributed by atoms with Gasteiger partial charge in [-0.2, -0.15) is 0 Å². The molecule has 2 rings (SSSR count). The van der Waals surface area contributed by atoms with Crippen LogP contribution in [0.15, 0.2) is 46.3 Å². The zero-order valence-electron chi connectivity index (χ0n) is 16.5. The molecular formula is C21H26O6. The summed E-state index contributed by atoms with van der Waals surface area (Å²) in [5, 5.41) is 0. The van der Waals surface area contributed by atoms with Crippen molar-refractivity contribution in [1.82, 2.24) is 0 Å². The molecule has 0 aromatic carbocycles. The van der Waals surface area contributed by atoms with E-state index in [1.165, 1.54) is 0 Å². The molecule has 0 aromatic heterocycles. The summed E-state index contributed by atoms with van der Waals surface area (Å²) in [6.07, 6.45) is 6.90. The van der Waals surface area contributed by atoms with Gasteiger partial charge in [0.25, 0.3) is 0 Å². The molecule has 6 nitrogen and oxygen atoms in total. The Kier molecular flexibility index (Phi) is 6.54. The SMILES string of the molecule is COC(C)(/C=C1/C=C(C)C(=O)O1)CC1C=C(CCC(C=O)=C(C)C)C(=O)O1. The molecule has 146 valence electrons. The van der Waals surface area contributed by atoms with Crippen molar-refractivity contribution in [2.75, 3.05) is 7.11 Å². The van der Waals surface area contributed by atoms with Gasteiger partial charge in [-0.1, -0.05) is 5.57 Å². The van der Waals surface area contributed by atoms with Crippen molar-refractivity contribution in [2.24, 2.45) is 0 Å². The minimum atomic E-state index is -0.776. The molecule has 0 saturated carbocycles. The average Bonchev–Trinajstić information content (AvgIpc) is 3.09. The molecule has 0 radical (unpaired) electrons. The second-order valence-corrected chi connectivity index (χ2v) is 7.26. The quantitative estimate of drug-likeness (QED) is 0.368. The number of methoxy groups -OCH3 is 1. The van der Waals surface area contributed by atoms with Gasteiger partial charge >= 0.3 is 11.9 Å². The van der Waals surface area contributed by atoms with E-state index in [1.807, 2.05) is 20.8 Å². The van der Waals surface area contributed by atoms with Crippen LogP contribution in [-0.2, 0) is 28.6 Å². The normalized spacial score (nSPS) is 22.7. The number of carbonyl (C=O) groups is 3. The van der Waals surface area contributed by atoms with Crippen LogP contribution in [0.1, 0.15) is 47.0 Å². The maximum absolute atomic E-state index is 12.1. The third kappa shape index (κ3) is 5.26. The fraction of sp³-hybridized carbons (Fsp3) is 0.476. The summed E-state index contributed by atoms with van der Waals surface area (Å²) < 4.78 is 16.2. The lowest BCUT2D eigenvalue weighted by molar-refractivity contribution is -0.141. The highest BCUT2D eigenvalue weighted by atomic mass is 16.6. The van der Waals surface area contributed by atoms with Crippen LogP contribution in [0.5, 0.6) is 0 Å². The van der Waals surface area contributed by atoms with E-state index in [2.05, 4.69) is 0 Å². The fourth-order valence-electron chi connectivity index (χ4n) is 2.98. The second kappa shape index (κ2) is 8.48. The zero-order chi connectivity index (χ0) is 20.2. The summed E-state index contributed by atoms with van der Waals surface area (Å²) in [4.78, 5) is 34.7. The van der Waals surface area contributed by atoms with Crippen LogP contribution >= 0.6 is 0 Å². The number of cyclic esters (lactones) is 2. The molecule has 0 fully saturated rings. The molecule has 0 aliphatic carbocycles. The molecule has 0 N–H and O–H groups in total. The Morgan fingerprint density at radius 3 is 2.52 bits per heavy atom. The highest BCUT2D eigenvalue weighted by molar-refractivity contribution is 5.92. The number of carbonyl (C=O) groups excluding carboxylic acids is 3. The first-order valence-corrected chi connectivity index (χ1v) is 8.89. The van der Waals surface area contributed by atoms with Crippen LogP contribution in [0.2, 0.25) is 0 Å². The predicted octanol–water partition coefficient (Wildman–Crippen LogP) is 3.34. The number of aldehydes is 1. The van der Waals surface area contributed by atoms with Crippen molar-refractivity contribution in [1.29, 1.82) is 0 Å². The summed E-state index contributed by atoms with van der Waals surface area (Å²) in [7, 11) is 1.55. The summed E-state index contributed by atoms with van der Waals surface area (Å²) in [6, 6.07) is 0. The van der Waals surface area contributed by atoms with Gasteiger partial charge in [0.15, 0.2) is 0 Å². The van der Waals surface area contributed by atoms with Gasteiger partial charge in [-0.25, -0.2) is 9.59 Å². The molecule has 2 aliphatic heterocycles. The minimum Gasteiger partial charge on any atom is -0.455 e. The molecular weight excluding hydrogens is 348 g/mol. The van der Waals surface area contributed by atoms with E-state index in [1.54, 1.807) is 32.3 Å². The molecule has 0 amide bonds. The average molecular weight is 374 g/mol. The number of hydrogen-bond donors (Lipinski definition) is 0. The molecule has 2 unspecified atom stereocenters. The zero-order valence-corrected chi connectivity index (χ0v) is 16.5. The fourth-order valence-corrected chi connectivity index (χ4v) is 2.98. The number of rotatable bonds is 8. The highest BCUT2D eigenvalue weighted by Gasteiger charge is 2.33. The van der Waals surface area contributed by atoms with Crippen LogP contribution in [0.4, 0.5) is 0 Å². The van der Waals surface area contributed by atoms with Crippen LogP contribution in [-0.4, -0.2) is 37.0 Å². The number of allylic oxidation sites excluding steroid dienone is 3. The van der Waals surface area contributed by atoms with Crippen molar-refractivity contribution in [3.8, 4) is 0 Å². The summed E-state index contributed by atoms with van der Waals surface area (Å²) >= 11 is 0. The van der Waals surface area contributed by atoms with E-state index in [0.717, 1.165) is 11.9 Å². The first kappa shape index (κ1) is 20.8. The Bertz CT molecular complexity index is 764. The first-order chi connectivity index (χ1) is 12.7. The Labute approximate surface area is 159 Å². The highest BCUT2D eigenvalue weighted by Crippen LogP contribution is 2.30. The summed E-state index contributed by atoms with van der Waals surface area (Å²) in [6.45, 7) is 7.26. The molecule has 2 atom stereocenters. The van der Waals surface area contributed by atoms with Gasteiger partial charge < -0.3 is 14.2 Å². The van der Waals surface area contributed by atoms with Gasteiger partial charge in [-0.3, -0.25) is 4.79 Å². The van der Waals surface area contributed by atoms with Gasteiger partial charge in [-0.05, 0) is 64.3 Å². The van der Waals surface area contributed by atoms with Crippen LogP contribution in [0.25, 0.3) is 0 Å². The van der Waals surface area contributed by atoms with E-state index in [0.29, 0.717) is 41.7 Å². The Morgan fingerprint density at radius 2 is 2.00 bits per heavy atom. The van der Waals surface area contributed by atoms with Crippen molar-refractivity contribution >= 4 is 18.2 Å². The lowest BCUT2D eigenvalue weighted by Crippen LogP contribution is -2.30. The maximum atomic E-state index is 12.1. The van der Waals surface area contributed by atoms with Gasteiger partial charge in [0.2, 0.25) is 0 Å². The lowest BCUT2D eigenvalue weighted by atomic mass is 9.95. The van der Waals surface area contributed by atoms with Crippen LogP contribution < -0.4 is 0 Å². The monoisotopic (exact) mass is 374 g/mol. The van der Waals surface area contributed by atoms with E-state index >= 15 is 0 Å². The van der Waals surface area contributed by atoms with E-state index in [-0.39, 0.29) is 11.9 Å². The number of esters is 2. The van der Waals surface area contributed by atoms with Crippen molar-refractivity contribution in [2.45, 2.75) is 58.7 Å². The van der Waals surface area contributed by atoms with Gasteiger partial charge in [0.1, 0.15) is 18.1 Å². The van der Waals surface area contributed by atoms with Crippen molar-refractivity contribution in [3.05, 3.63) is 46.3 Å². The standard InChI is InChI=1S/C21H26O6/c1-13(2)16(12-22)7-6-15-9-18(27-20(15)24)11-21(4,25-5)10-17-8-14(3)19(23)26-17/h8-10,12,18H,6-7,11H2,1-5H3/b17-10-. The summed E-state index contributed by atoms with van der Waals surface area (Å²) in [5.74, 6) is -0.317. The second-order valence-electron chi connectivity index (χ2n) is 7.26. The summed E-state index contributed by atoms with van der Waals surface area (Å²) in [5.41, 5.74) is 1.96. The minimum absolute atomic E-state index is 0.367. The first-order valence-electron chi connectivity index (χ1n) is 8.89. The number of hydrogen-bond acceptors (Lipinski definition) is 6. The van der Waals surface area contributed by atoms with Gasteiger partial charge in [-0.15, -0.1) is 0 Å². The third-order valence-corrected chi connectivity index (χ3v) is 4.77. The Morgan fingerprint density at radius 1 is 1.30 bits per heavy atom. The smallest absolute Gasteiger partial charge is 0.339 e. The molecule has 2 aliphatic rings. The molecule has 2 heterocycles. The van der Waals surface area contributed by atoms with E-state index in [4.69, 9.17) is 14.2 Å². The molecule has 0 spiro atoms. The van der Waals surface area contributed by atoms with Crippen LogP contribution in [0.3, 0.4) is 0 Å². The molecule has 0 bridgehead atoms. The predicted molar refractivity (Wildman–Crippen MR) is 99.6 cm³/mol. The van der Waals surface area contributed by atoms with Crippen LogP contribution in [0, 0.1) is 0 Å². The van der Waals surface area contributed by atoms with E-state index < -0.39 is 11.7 Å². The molecule has 0 aromatic rings. The molecule has 6 heteroatoms. The van der Waals surface area contributed by atoms with E-state index in [9.17, 15) is 14.4 Å².